The van der Waals surface area contributed by atoms with Gasteiger partial charge in [0.2, 0.25) is 5.16 Å². The van der Waals surface area contributed by atoms with Crippen LogP contribution in [0, 0.1) is 20.8 Å². The lowest BCUT2D eigenvalue weighted by Gasteiger charge is -2.19. The normalized spacial score (nSPS) is 16.0. The van der Waals surface area contributed by atoms with E-state index in [1.165, 1.54) is 22.3 Å². The summed E-state index contributed by atoms with van der Waals surface area (Å²) in [5.74, 6) is 1.29. The third-order valence-electron chi connectivity index (χ3n) is 5.35. The van der Waals surface area contributed by atoms with Crippen LogP contribution in [0.25, 0.3) is 5.78 Å². The van der Waals surface area contributed by atoms with E-state index >= 15 is 0 Å². The number of hydrazone groups is 1. The molecule has 8 nitrogen and oxygen atoms in total. The lowest BCUT2D eigenvalue weighted by Crippen LogP contribution is -2.28. The van der Waals surface area contributed by atoms with Crippen molar-refractivity contribution in [3.8, 4) is 0 Å². The van der Waals surface area contributed by atoms with Gasteiger partial charge in [0.1, 0.15) is 11.8 Å². The number of hydrogen-bond acceptors (Lipinski definition) is 7. The van der Waals surface area contributed by atoms with Gasteiger partial charge in [0.15, 0.2) is 0 Å². The third kappa shape index (κ3) is 3.91. The predicted molar refractivity (Wildman–Crippen MR) is 122 cm³/mol. The van der Waals surface area contributed by atoms with E-state index in [1.54, 1.807) is 10.8 Å². The third-order valence-corrected chi connectivity index (χ3v) is 6.17. The molecule has 0 aliphatic carbocycles. The predicted octanol–water partition coefficient (Wildman–Crippen LogP) is 4.11. The summed E-state index contributed by atoms with van der Waals surface area (Å²) in [7, 11) is 0. The molecule has 0 radical (unpaired) electrons. The van der Waals surface area contributed by atoms with Crippen LogP contribution in [0.1, 0.15) is 40.7 Å². The molecular weight excluding hydrogens is 424 g/mol. The second-order valence-corrected chi connectivity index (χ2v) is 8.76. The molecule has 3 aromatic heterocycles. The average molecular weight is 447 g/mol. The zero-order valence-electron chi connectivity index (χ0n) is 18.0. The monoisotopic (exact) mass is 446 g/mol. The summed E-state index contributed by atoms with van der Waals surface area (Å²) < 4.78 is 7.31. The number of rotatable bonds is 5. The molecule has 0 spiro atoms. The number of aromatic nitrogens is 4. The number of nitrogens with zero attached hydrogens (tertiary/aromatic N) is 6. The maximum atomic E-state index is 13.2. The zero-order chi connectivity index (χ0) is 22.2. The molecule has 0 saturated heterocycles. The SMILES string of the molecule is Cc1ccc(C2=NN(C(=O)CSc3nc4nc(C)cc(C)n4n3)[C@@H](c3ccco3)C2)cc1. The van der Waals surface area contributed by atoms with Crippen LogP contribution in [0.4, 0.5) is 0 Å². The summed E-state index contributed by atoms with van der Waals surface area (Å²) in [6.07, 6.45) is 2.22. The molecule has 1 aliphatic rings. The first kappa shape index (κ1) is 20.4. The Morgan fingerprint density at radius 1 is 1.16 bits per heavy atom. The Balaban J connectivity index is 1.37. The number of hydrogen-bond donors (Lipinski definition) is 0. The molecule has 0 unspecified atom stereocenters. The molecule has 0 N–H and O–H groups in total. The second-order valence-electron chi connectivity index (χ2n) is 7.82. The van der Waals surface area contributed by atoms with Crippen LogP contribution in [0.15, 0.2) is 63.4 Å². The van der Waals surface area contributed by atoms with Crippen molar-refractivity contribution in [2.24, 2.45) is 5.10 Å². The highest BCUT2D eigenvalue weighted by atomic mass is 32.2. The van der Waals surface area contributed by atoms with Crippen molar-refractivity contribution in [1.29, 1.82) is 0 Å². The van der Waals surface area contributed by atoms with E-state index in [0.29, 0.717) is 17.4 Å². The molecule has 4 heterocycles. The van der Waals surface area contributed by atoms with Crippen molar-refractivity contribution >= 4 is 29.2 Å². The highest BCUT2D eigenvalue weighted by Gasteiger charge is 2.34. The molecule has 0 bridgehead atoms. The Kier molecular flexibility index (Phi) is 5.26. The van der Waals surface area contributed by atoms with Gasteiger partial charge >= 0.3 is 0 Å². The topological polar surface area (TPSA) is 88.9 Å². The van der Waals surface area contributed by atoms with E-state index in [1.807, 2.05) is 63.2 Å². The van der Waals surface area contributed by atoms with Gasteiger partial charge < -0.3 is 4.42 Å². The maximum absolute atomic E-state index is 13.2. The van der Waals surface area contributed by atoms with Gasteiger partial charge in [-0.1, -0.05) is 41.6 Å². The Morgan fingerprint density at radius 2 is 1.97 bits per heavy atom. The number of furan rings is 1. The van der Waals surface area contributed by atoms with Gasteiger partial charge in [-0.25, -0.2) is 14.5 Å². The van der Waals surface area contributed by atoms with Gasteiger partial charge in [-0.15, -0.1) is 5.10 Å². The Morgan fingerprint density at radius 3 is 2.72 bits per heavy atom. The van der Waals surface area contributed by atoms with Gasteiger partial charge in [-0.05, 0) is 44.5 Å². The van der Waals surface area contributed by atoms with Crippen molar-refractivity contribution in [3.05, 3.63) is 77.0 Å². The highest BCUT2D eigenvalue weighted by Crippen LogP contribution is 2.34. The van der Waals surface area contributed by atoms with Crippen LogP contribution < -0.4 is 0 Å². The Hall–Kier alpha value is -3.46. The van der Waals surface area contributed by atoms with Crippen molar-refractivity contribution in [2.75, 3.05) is 5.75 Å². The number of carbonyl (C=O) groups excluding carboxylic acids is 1. The van der Waals surface area contributed by atoms with E-state index in [0.717, 1.165) is 28.4 Å². The molecule has 1 amide bonds. The van der Waals surface area contributed by atoms with Crippen LogP contribution >= 0.6 is 11.8 Å². The molecule has 5 rings (SSSR count). The van der Waals surface area contributed by atoms with Gasteiger partial charge in [0.05, 0.1) is 17.7 Å². The van der Waals surface area contributed by atoms with E-state index in [2.05, 4.69) is 20.2 Å². The average Bonchev–Trinajstić information content (AvgIpc) is 3.51. The molecule has 9 heteroatoms. The van der Waals surface area contributed by atoms with E-state index < -0.39 is 0 Å². The quantitative estimate of drug-likeness (QED) is 0.429. The van der Waals surface area contributed by atoms with Crippen molar-refractivity contribution in [2.45, 2.75) is 38.4 Å². The lowest BCUT2D eigenvalue weighted by atomic mass is 10.0. The number of benzene rings is 1. The number of carbonyl (C=O) groups is 1. The fraction of sp³-hybridized carbons (Fsp3) is 0.261. The van der Waals surface area contributed by atoms with Crippen molar-refractivity contribution in [3.63, 3.8) is 0 Å². The molecule has 0 fully saturated rings. The van der Waals surface area contributed by atoms with Crippen LogP contribution in [0.2, 0.25) is 0 Å². The van der Waals surface area contributed by atoms with Crippen molar-refractivity contribution < 1.29 is 9.21 Å². The minimum atomic E-state index is -0.269. The molecule has 0 saturated carbocycles. The summed E-state index contributed by atoms with van der Waals surface area (Å²) in [5.41, 5.74) is 4.88. The molecule has 32 heavy (non-hydrogen) atoms. The van der Waals surface area contributed by atoms with E-state index in [-0.39, 0.29) is 17.7 Å². The summed E-state index contributed by atoms with van der Waals surface area (Å²) in [6, 6.07) is 13.6. The summed E-state index contributed by atoms with van der Waals surface area (Å²) in [4.78, 5) is 22.0. The number of fused-ring (bicyclic) bond motifs is 1. The Bertz CT molecular complexity index is 1310. The fourth-order valence-electron chi connectivity index (χ4n) is 3.76. The van der Waals surface area contributed by atoms with Crippen LogP contribution in [-0.4, -0.2) is 42.0 Å². The second kappa shape index (κ2) is 8.23. The lowest BCUT2D eigenvalue weighted by molar-refractivity contribution is -0.130. The first-order valence-electron chi connectivity index (χ1n) is 10.3. The van der Waals surface area contributed by atoms with Crippen LogP contribution in [-0.2, 0) is 4.79 Å². The fourth-order valence-corrected chi connectivity index (χ4v) is 4.44. The zero-order valence-corrected chi connectivity index (χ0v) is 18.8. The standard InChI is InChI=1S/C23H22N6O2S/c1-14-6-8-17(9-7-14)18-12-19(20-5-4-10-31-20)29(26-18)21(30)13-32-23-25-22-24-15(2)11-16(3)28(22)27-23/h4-11,19H,12-13H2,1-3H3/t19-/m1/s1. The number of thioether (sulfide) groups is 1. The highest BCUT2D eigenvalue weighted by molar-refractivity contribution is 7.99. The van der Waals surface area contributed by atoms with Crippen LogP contribution in [0.5, 0.6) is 0 Å². The number of amides is 1. The summed E-state index contributed by atoms with van der Waals surface area (Å²) in [5, 5.41) is 11.2. The minimum absolute atomic E-state index is 0.127. The first-order chi connectivity index (χ1) is 15.5. The van der Waals surface area contributed by atoms with Crippen molar-refractivity contribution in [1.82, 2.24) is 24.6 Å². The van der Waals surface area contributed by atoms with Crippen LogP contribution in [0.3, 0.4) is 0 Å². The number of aryl methyl sites for hydroxylation is 3. The van der Waals surface area contributed by atoms with Gasteiger partial charge in [0, 0.05) is 17.8 Å². The van der Waals surface area contributed by atoms with Gasteiger partial charge in [-0.2, -0.15) is 10.1 Å². The molecule has 4 aromatic rings. The smallest absolute Gasteiger partial charge is 0.253 e. The summed E-state index contributed by atoms with van der Waals surface area (Å²) >= 11 is 1.28. The summed E-state index contributed by atoms with van der Waals surface area (Å²) in [6.45, 7) is 5.92. The first-order valence-corrected chi connectivity index (χ1v) is 11.3. The molecular formula is C23H22N6O2S. The molecule has 1 aliphatic heterocycles. The van der Waals surface area contributed by atoms with Gasteiger partial charge in [-0.3, -0.25) is 4.79 Å². The van der Waals surface area contributed by atoms with E-state index in [4.69, 9.17) is 4.42 Å². The maximum Gasteiger partial charge on any atom is 0.253 e. The van der Waals surface area contributed by atoms with E-state index in [9.17, 15) is 4.79 Å². The minimum Gasteiger partial charge on any atom is -0.467 e. The molecule has 162 valence electrons. The molecule has 1 atom stereocenters. The Labute approximate surface area is 189 Å². The van der Waals surface area contributed by atoms with Gasteiger partial charge in [0.25, 0.3) is 11.7 Å². The largest absolute Gasteiger partial charge is 0.467 e. The molecule has 1 aromatic carbocycles.